The lowest BCUT2D eigenvalue weighted by atomic mass is 10.0. The van der Waals surface area contributed by atoms with Crippen molar-refractivity contribution < 1.29 is 5.11 Å². The Labute approximate surface area is 110 Å². The van der Waals surface area contributed by atoms with Gasteiger partial charge in [0.15, 0.2) is 0 Å². The Balaban J connectivity index is 1.92. The summed E-state index contributed by atoms with van der Waals surface area (Å²) in [6, 6.07) is 9.18. The van der Waals surface area contributed by atoms with E-state index >= 15 is 0 Å². The summed E-state index contributed by atoms with van der Waals surface area (Å²) in [5.74, 6) is 0. The number of nitrogens with zero attached hydrogens (tertiary/aromatic N) is 1. The molecule has 0 aliphatic carbocycles. The van der Waals surface area contributed by atoms with Crippen LogP contribution in [0.2, 0.25) is 0 Å². The highest BCUT2D eigenvalue weighted by Gasteiger charge is 2.18. The second-order valence-corrected chi connectivity index (χ2v) is 5.37. The standard InChI is InChI=1S/C15H24N2O/c1-12(14-5-3-4-13(10-14)11-18)16-15-6-8-17(2)9-7-15/h3-5,10,12,15-16,18H,6-9,11H2,1-2H3. The Hall–Kier alpha value is -0.900. The van der Waals surface area contributed by atoms with Gasteiger partial charge < -0.3 is 15.3 Å². The van der Waals surface area contributed by atoms with Crippen LogP contribution in [0.25, 0.3) is 0 Å². The molecular formula is C15H24N2O. The van der Waals surface area contributed by atoms with E-state index in [1.54, 1.807) is 0 Å². The highest BCUT2D eigenvalue weighted by atomic mass is 16.3. The van der Waals surface area contributed by atoms with Crippen LogP contribution in [0.15, 0.2) is 24.3 Å². The third-order valence-electron chi connectivity index (χ3n) is 3.84. The average Bonchev–Trinajstić information content (AvgIpc) is 2.41. The zero-order valence-electron chi connectivity index (χ0n) is 11.4. The van der Waals surface area contributed by atoms with Crippen molar-refractivity contribution in [3.8, 4) is 0 Å². The molecule has 1 atom stereocenters. The third-order valence-corrected chi connectivity index (χ3v) is 3.84. The lowest BCUT2D eigenvalue weighted by molar-refractivity contribution is 0.226. The molecule has 1 aliphatic rings. The maximum Gasteiger partial charge on any atom is 0.0681 e. The molecule has 18 heavy (non-hydrogen) atoms. The summed E-state index contributed by atoms with van der Waals surface area (Å²) in [7, 11) is 2.18. The lowest BCUT2D eigenvalue weighted by Gasteiger charge is -2.31. The SMILES string of the molecule is CC(NC1CCN(C)CC1)c1cccc(CO)c1. The van der Waals surface area contributed by atoms with E-state index < -0.39 is 0 Å². The molecule has 3 heteroatoms. The molecule has 1 heterocycles. The van der Waals surface area contributed by atoms with Crippen LogP contribution in [0.1, 0.15) is 36.9 Å². The molecule has 0 amide bonds. The van der Waals surface area contributed by atoms with Crippen molar-refractivity contribution in [2.24, 2.45) is 0 Å². The molecule has 1 saturated heterocycles. The molecule has 0 aromatic heterocycles. The Bertz CT molecular complexity index is 373. The Kier molecular flexibility index (Phi) is 4.75. The molecule has 1 aromatic carbocycles. The second kappa shape index (κ2) is 6.32. The van der Waals surface area contributed by atoms with Crippen LogP contribution in [0, 0.1) is 0 Å². The number of hydrogen-bond acceptors (Lipinski definition) is 3. The molecule has 3 nitrogen and oxygen atoms in total. The van der Waals surface area contributed by atoms with E-state index in [4.69, 9.17) is 5.11 Å². The summed E-state index contributed by atoms with van der Waals surface area (Å²) < 4.78 is 0. The summed E-state index contributed by atoms with van der Waals surface area (Å²) >= 11 is 0. The van der Waals surface area contributed by atoms with Gasteiger partial charge >= 0.3 is 0 Å². The van der Waals surface area contributed by atoms with E-state index in [0.717, 1.165) is 5.56 Å². The zero-order chi connectivity index (χ0) is 13.0. The molecule has 0 spiro atoms. The third kappa shape index (κ3) is 3.55. The van der Waals surface area contributed by atoms with Crippen molar-refractivity contribution in [2.75, 3.05) is 20.1 Å². The summed E-state index contributed by atoms with van der Waals surface area (Å²) in [6.07, 6.45) is 2.45. The number of piperidine rings is 1. The summed E-state index contributed by atoms with van der Waals surface area (Å²) in [4.78, 5) is 2.38. The first-order valence-corrected chi connectivity index (χ1v) is 6.83. The van der Waals surface area contributed by atoms with Gasteiger partial charge in [-0.05, 0) is 51.0 Å². The van der Waals surface area contributed by atoms with Gasteiger partial charge in [-0.3, -0.25) is 0 Å². The van der Waals surface area contributed by atoms with Crippen LogP contribution < -0.4 is 5.32 Å². The van der Waals surface area contributed by atoms with E-state index in [1.165, 1.54) is 31.5 Å². The van der Waals surface area contributed by atoms with Gasteiger partial charge in [0.1, 0.15) is 0 Å². The van der Waals surface area contributed by atoms with Gasteiger partial charge in [-0.2, -0.15) is 0 Å². The van der Waals surface area contributed by atoms with E-state index in [-0.39, 0.29) is 6.61 Å². The molecular weight excluding hydrogens is 224 g/mol. The fourth-order valence-electron chi connectivity index (χ4n) is 2.59. The molecule has 2 rings (SSSR count). The first-order chi connectivity index (χ1) is 8.69. The molecule has 100 valence electrons. The first-order valence-electron chi connectivity index (χ1n) is 6.83. The van der Waals surface area contributed by atoms with Crippen molar-refractivity contribution in [3.05, 3.63) is 35.4 Å². The first kappa shape index (κ1) is 13.5. The van der Waals surface area contributed by atoms with Crippen molar-refractivity contribution in [1.29, 1.82) is 0 Å². The normalized spacial score (nSPS) is 19.9. The van der Waals surface area contributed by atoms with Crippen LogP contribution in [-0.4, -0.2) is 36.2 Å². The maximum atomic E-state index is 9.17. The Morgan fingerprint density at radius 2 is 2.11 bits per heavy atom. The molecule has 1 aliphatic heterocycles. The van der Waals surface area contributed by atoms with E-state index in [1.807, 2.05) is 12.1 Å². The van der Waals surface area contributed by atoms with Crippen LogP contribution >= 0.6 is 0 Å². The van der Waals surface area contributed by atoms with Crippen LogP contribution in [0.3, 0.4) is 0 Å². The highest BCUT2D eigenvalue weighted by Crippen LogP contribution is 2.18. The highest BCUT2D eigenvalue weighted by molar-refractivity contribution is 5.25. The predicted octanol–water partition coefficient (Wildman–Crippen LogP) is 1.92. The van der Waals surface area contributed by atoms with Crippen LogP contribution in [-0.2, 0) is 6.61 Å². The monoisotopic (exact) mass is 248 g/mol. The molecule has 0 saturated carbocycles. The molecule has 1 aromatic rings. The van der Waals surface area contributed by atoms with Crippen molar-refractivity contribution >= 4 is 0 Å². The lowest BCUT2D eigenvalue weighted by Crippen LogP contribution is -2.41. The minimum absolute atomic E-state index is 0.120. The largest absolute Gasteiger partial charge is 0.392 e. The maximum absolute atomic E-state index is 9.17. The number of aliphatic hydroxyl groups excluding tert-OH is 1. The summed E-state index contributed by atoms with van der Waals surface area (Å²) in [5.41, 5.74) is 2.25. The molecule has 0 radical (unpaired) electrons. The fourth-order valence-corrected chi connectivity index (χ4v) is 2.59. The average molecular weight is 248 g/mol. The van der Waals surface area contributed by atoms with Gasteiger partial charge in [0.25, 0.3) is 0 Å². The number of aliphatic hydroxyl groups is 1. The predicted molar refractivity (Wildman–Crippen MR) is 74.4 cm³/mol. The number of nitrogens with one attached hydrogen (secondary N) is 1. The van der Waals surface area contributed by atoms with Crippen LogP contribution in [0.4, 0.5) is 0 Å². The molecule has 0 bridgehead atoms. The minimum Gasteiger partial charge on any atom is -0.392 e. The second-order valence-electron chi connectivity index (χ2n) is 5.37. The number of benzene rings is 1. The van der Waals surface area contributed by atoms with Crippen molar-refractivity contribution in [3.63, 3.8) is 0 Å². The fraction of sp³-hybridized carbons (Fsp3) is 0.600. The topological polar surface area (TPSA) is 35.5 Å². The number of hydrogen-bond donors (Lipinski definition) is 2. The smallest absolute Gasteiger partial charge is 0.0681 e. The quantitative estimate of drug-likeness (QED) is 0.854. The van der Waals surface area contributed by atoms with Gasteiger partial charge in [0, 0.05) is 12.1 Å². The van der Waals surface area contributed by atoms with E-state index in [0.29, 0.717) is 12.1 Å². The summed E-state index contributed by atoms with van der Waals surface area (Å²) in [5, 5.41) is 12.9. The van der Waals surface area contributed by atoms with E-state index in [2.05, 4.69) is 36.3 Å². The molecule has 1 unspecified atom stereocenters. The van der Waals surface area contributed by atoms with Gasteiger partial charge in [0.05, 0.1) is 6.61 Å². The number of likely N-dealkylation sites (tertiary alicyclic amines) is 1. The minimum atomic E-state index is 0.120. The van der Waals surface area contributed by atoms with Gasteiger partial charge in [-0.25, -0.2) is 0 Å². The number of rotatable bonds is 4. The van der Waals surface area contributed by atoms with Gasteiger partial charge in [-0.1, -0.05) is 24.3 Å². The molecule has 2 N–H and O–H groups in total. The summed E-state index contributed by atoms with van der Waals surface area (Å²) in [6.45, 7) is 4.69. The van der Waals surface area contributed by atoms with Gasteiger partial charge in [-0.15, -0.1) is 0 Å². The molecule has 1 fully saturated rings. The Morgan fingerprint density at radius 1 is 1.39 bits per heavy atom. The van der Waals surface area contributed by atoms with Crippen LogP contribution in [0.5, 0.6) is 0 Å². The van der Waals surface area contributed by atoms with Gasteiger partial charge in [0.2, 0.25) is 0 Å². The van der Waals surface area contributed by atoms with Crippen molar-refractivity contribution in [2.45, 2.75) is 38.5 Å². The van der Waals surface area contributed by atoms with E-state index in [9.17, 15) is 0 Å². The van der Waals surface area contributed by atoms with Crippen molar-refractivity contribution in [1.82, 2.24) is 10.2 Å². The zero-order valence-corrected chi connectivity index (χ0v) is 11.4. The Morgan fingerprint density at radius 3 is 2.78 bits per heavy atom.